The number of amides is 1. The number of aromatic amines is 1. The Kier molecular flexibility index (Phi) is 5.02. The molecule has 0 bridgehead atoms. The summed E-state index contributed by atoms with van der Waals surface area (Å²) in [6, 6.07) is 14.4. The molecule has 4 aromatic rings. The first-order chi connectivity index (χ1) is 15.6. The van der Waals surface area contributed by atoms with Crippen molar-refractivity contribution in [3.05, 3.63) is 66.0 Å². The summed E-state index contributed by atoms with van der Waals surface area (Å²) in [6.07, 6.45) is 1.86. The summed E-state index contributed by atoms with van der Waals surface area (Å²) >= 11 is 0. The van der Waals surface area contributed by atoms with Crippen molar-refractivity contribution in [1.29, 1.82) is 0 Å². The topological polar surface area (TPSA) is 112 Å². The van der Waals surface area contributed by atoms with Crippen LogP contribution in [0.1, 0.15) is 16.1 Å². The zero-order valence-electron chi connectivity index (χ0n) is 17.5. The van der Waals surface area contributed by atoms with Gasteiger partial charge >= 0.3 is 0 Å². The summed E-state index contributed by atoms with van der Waals surface area (Å²) in [5.74, 6) is 0.901. The maximum Gasteiger partial charge on any atom is 0.295 e. The van der Waals surface area contributed by atoms with Crippen molar-refractivity contribution in [2.75, 3.05) is 36.4 Å². The fourth-order valence-corrected chi connectivity index (χ4v) is 3.72. The fourth-order valence-electron chi connectivity index (χ4n) is 3.72. The van der Waals surface area contributed by atoms with E-state index in [0.29, 0.717) is 49.3 Å². The number of anilines is 3. The Labute approximate surface area is 183 Å². The molecule has 1 aliphatic heterocycles. The average Bonchev–Trinajstić information content (AvgIpc) is 3.47. The molecule has 2 N–H and O–H groups in total. The summed E-state index contributed by atoms with van der Waals surface area (Å²) in [6.45, 7) is 3.83. The van der Waals surface area contributed by atoms with Gasteiger partial charge in [0.05, 0.1) is 0 Å². The molecule has 10 nitrogen and oxygen atoms in total. The molecule has 1 amide bonds. The molecular formula is C22H22N8O2. The third-order valence-corrected chi connectivity index (χ3v) is 5.41. The van der Waals surface area contributed by atoms with Crippen LogP contribution in [-0.4, -0.2) is 67.6 Å². The molecule has 162 valence electrons. The van der Waals surface area contributed by atoms with Crippen LogP contribution in [0, 0.1) is 6.92 Å². The molecule has 10 heteroatoms. The Hall–Kier alpha value is -4.21. The lowest BCUT2D eigenvalue weighted by Crippen LogP contribution is -2.51. The first-order valence-electron chi connectivity index (χ1n) is 10.4. The van der Waals surface area contributed by atoms with Gasteiger partial charge in [0.25, 0.3) is 5.91 Å². The zero-order valence-corrected chi connectivity index (χ0v) is 17.5. The van der Waals surface area contributed by atoms with Gasteiger partial charge in [-0.05, 0) is 19.1 Å². The lowest BCUT2D eigenvalue weighted by atomic mass is 10.1. The van der Waals surface area contributed by atoms with Crippen molar-refractivity contribution in [3.8, 4) is 0 Å². The molecule has 1 saturated heterocycles. The number of ketones is 1. The molecule has 0 unspecified atom stereocenters. The van der Waals surface area contributed by atoms with Crippen molar-refractivity contribution >= 4 is 34.8 Å². The summed E-state index contributed by atoms with van der Waals surface area (Å²) < 4.78 is 1.76. The van der Waals surface area contributed by atoms with E-state index in [4.69, 9.17) is 4.98 Å². The van der Waals surface area contributed by atoms with Crippen molar-refractivity contribution in [2.45, 2.75) is 6.92 Å². The number of rotatable bonds is 5. The quantitative estimate of drug-likeness (QED) is 0.368. The van der Waals surface area contributed by atoms with Gasteiger partial charge in [-0.25, -0.2) is 4.52 Å². The van der Waals surface area contributed by atoms with Crippen molar-refractivity contribution in [2.24, 2.45) is 0 Å². The minimum atomic E-state index is -0.482. The van der Waals surface area contributed by atoms with Crippen LogP contribution in [0.15, 0.2) is 54.7 Å². The van der Waals surface area contributed by atoms with Crippen LogP contribution in [0.4, 0.5) is 17.6 Å². The second kappa shape index (κ2) is 8.14. The highest BCUT2D eigenvalue weighted by Gasteiger charge is 2.28. The smallest absolute Gasteiger partial charge is 0.295 e. The first kappa shape index (κ1) is 19.7. The van der Waals surface area contributed by atoms with Gasteiger partial charge in [0, 0.05) is 49.7 Å². The van der Waals surface area contributed by atoms with Crippen molar-refractivity contribution in [1.82, 2.24) is 29.7 Å². The fraction of sp³-hybridized carbons (Fsp3) is 0.227. The molecule has 1 fully saturated rings. The van der Waals surface area contributed by atoms with Crippen LogP contribution >= 0.6 is 0 Å². The van der Waals surface area contributed by atoms with Crippen LogP contribution in [0.25, 0.3) is 5.52 Å². The molecule has 4 heterocycles. The lowest BCUT2D eigenvalue weighted by Gasteiger charge is -2.34. The highest BCUT2D eigenvalue weighted by atomic mass is 16.2. The van der Waals surface area contributed by atoms with Gasteiger partial charge in [0.15, 0.2) is 11.6 Å². The number of Topliss-reactive ketones (excluding diaryl/α,β-unsaturated/α-hetero) is 1. The number of H-pyrrole nitrogens is 1. The minimum absolute atomic E-state index is 0.408. The first-order valence-corrected chi connectivity index (χ1v) is 10.4. The van der Waals surface area contributed by atoms with E-state index >= 15 is 0 Å². The predicted octanol–water partition coefficient (Wildman–Crippen LogP) is 2.04. The van der Waals surface area contributed by atoms with E-state index in [1.54, 1.807) is 33.7 Å². The molecule has 0 spiro atoms. The number of carbonyl (C=O) groups excluding carboxylic acids is 2. The number of nitrogens with one attached hydrogen (secondary N) is 2. The number of carbonyl (C=O) groups is 2. The minimum Gasteiger partial charge on any atom is -0.336 e. The molecule has 0 atom stereocenters. The summed E-state index contributed by atoms with van der Waals surface area (Å²) in [5.41, 5.74) is 2.18. The van der Waals surface area contributed by atoms with Gasteiger partial charge in [-0.1, -0.05) is 30.3 Å². The third kappa shape index (κ3) is 3.78. The number of aryl methyl sites for hydroxylation is 1. The van der Waals surface area contributed by atoms with Gasteiger partial charge in [0.1, 0.15) is 5.52 Å². The van der Waals surface area contributed by atoms with Gasteiger partial charge in [-0.3, -0.25) is 14.7 Å². The maximum atomic E-state index is 12.6. The molecule has 1 aromatic carbocycles. The molecule has 5 rings (SSSR count). The molecule has 0 radical (unpaired) electrons. The van der Waals surface area contributed by atoms with E-state index in [2.05, 4.69) is 20.6 Å². The highest BCUT2D eigenvalue weighted by Crippen LogP contribution is 2.22. The Balaban J connectivity index is 1.31. The molecule has 0 aliphatic carbocycles. The number of piperazine rings is 1. The monoisotopic (exact) mass is 430 g/mol. The lowest BCUT2D eigenvalue weighted by molar-refractivity contribution is -0.126. The molecular weight excluding hydrogens is 408 g/mol. The van der Waals surface area contributed by atoms with E-state index in [1.807, 2.05) is 42.3 Å². The van der Waals surface area contributed by atoms with Gasteiger partial charge < -0.3 is 15.1 Å². The molecule has 0 saturated carbocycles. The van der Waals surface area contributed by atoms with Crippen molar-refractivity contribution in [3.63, 3.8) is 0 Å². The molecule has 32 heavy (non-hydrogen) atoms. The van der Waals surface area contributed by atoms with E-state index in [1.165, 1.54) is 0 Å². The van der Waals surface area contributed by atoms with Crippen molar-refractivity contribution < 1.29 is 9.59 Å². The zero-order chi connectivity index (χ0) is 22.1. The van der Waals surface area contributed by atoms with E-state index in [-0.39, 0.29) is 0 Å². The van der Waals surface area contributed by atoms with Crippen LogP contribution in [0.5, 0.6) is 0 Å². The number of fused-ring (bicyclic) bond motifs is 1. The SMILES string of the molecule is Cc1cc(Nc2nc(N3CCN(C(=O)C(=O)c4ccccc4)CC3)nn3cccc23)n[nH]1. The predicted molar refractivity (Wildman–Crippen MR) is 119 cm³/mol. The van der Waals surface area contributed by atoms with E-state index in [9.17, 15) is 9.59 Å². The molecule has 3 aromatic heterocycles. The molecule has 1 aliphatic rings. The Bertz CT molecular complexity index is 1270. The third-order valence-electron chi connectivity index (χ3n) is 5.41. The standard InChI is InChI=1S/C22H22N8O2/c1-15-14-18(26-25-15)23-20-17-8-5-9-30(17)27-22(24-20)29-12-10-28(11-13-29)21(32)19(31)16-6-3-2-4-7-16/h2-9,14H,10-13H2,1H3,(H2,23,24,25,26,27). The number of nitrogens with zero attached hydrogens (tertiary/aromatic N) is 6. The number of aromatic nitrogens is 5. The second-order valence-corrected chi connectivity index (χ2v) is 7.63. The number of hydrogen-bond acceptors (Lipinski definition) is 7. The van der Waals surface area contributed by atoms with Crippen LogP contribution in [0.3, 0.4) is 0 Å². The van der Waals surface area contributed by atoms with Crippen LogP contribution < -0.4 is 10.2 Å². The van der Waals surface area contributed by atoms with Gasteiger partial charge in [-0.15, -0.1) is 5.10 Å². The Morgan fingerprint density at radius 2 is 1.81 bits per heavy atom. The summed E-state index contributed by atoms with van der Waals surface area (Å²) in [4.78, 5) is 33.4. The van der Waals surface area contributed by atoms with Crippen LogP contribution in [0.2, 0.25) is 0 Å². The second-order valence-electron chi connectivity index (χ2n) is 7.63. The van der Waals surface area contributed by atoms with Crippen LogP contribution in [-0.2, 0) is 4.79 Å². The summed E-state index contributed by atoms with van der Waals surface area (Å²) in [5, 5.41) is 15.0. The number of hydrogen-bond donors (Lipinski definition) is 2. The maximum absolute atomic E-state index is 12.6. The average molecular weight is 430 g/mol. The highest BCUT2D eigenvalue weighted by molar-refractivity contribution is 6.42. The number of benzene rings is 1. The normalized spacial score (nSPS) is 14.0. The van der Waals surface area contributed by atoms with E-state index < -0.39 is 11.7 Å². The Morgan fingerprint density at radius 1 is 1.03 bits per heavy atom. The van der Waals surface area contributed by atoms with Gasteiger partial charge in [0.2, 0.25) is 11.7 Å². The van der Waals surface area contributed by atoms with E-state index in [0.717, 1.165) is 11.2 Å². The summed E-state index contributed by atoms with van der Waals surface area (Å²) in [7, 11) is 0. The Morgan fingerprint density at radius 3 is 2.53 bits per heavy atom. The largest absolute Gasteiger partial charge is 0.336 e. The van der Waals surface area contributed by atoms with Gasteiger partial charge in [-0.2, -0.15) is 10.1 Å².